The van der Waals surface area contributed by atoms with Crippen LogP contribution in [0, 0.1) is 15.9 Å². The second-order valence-corrected chi connectivity index (χ2v) is 5.58. The lowest BCUT2D eigenvalue weighted by molar-refractivity contribution is -0.386. The smallest absolute Gasteiger partial charge is 0.328 e. The first-order chi connectivity index (χ1) is 12.0. The molecule has 0 atom stereocenters. The standard InChI is InChI=1S/C17H16FN3O4/c1-25-13-9-14(18)17(21(23)24)15(10-13)19-11-4-6-12(7-5-11)20-8-2-3-16(20)22/h4-7,9-10,19H,2-3,8H2,1H3. The average Bonchev–Trinajstić information content (AvgIpc) is 3.00. The van der Waals surface area contributed by atoms with Crippen LogP contribution in [0.5, 0.6) is 5.75 Å². The molecule has 1 fully saturated rings. The van der Waals surface area contributed by atoms with Gasteiger partial charge in [0, 0.05) is 36.5 Å². The lowest BCUT2D eigenvalue weighted by atomic mass is 10.2. The average molecular weight is 345 g/mol. The zero-order valence-electron chi connectivity index (χ0n) is 13.5. The molecule has 2 aromatic carbocycles. The van der Waals surface area contributed by atoms with Crippen LogP contribution in [-0.4, -0.2) is 24.5 Å². The van der Waals surface area contributed by atoms with Crippen LogP contribution in [0.4, 0.5) is 27.1 Å². The number of hydrogen-bond acceptors (Lipinski definition) is 5. The predicted molar refractivity (Wildman–Crippen MR) is 90.9 cm³/mol. The van der Waals surface area contributed by atoms with E-state index < -0.39 is 16.4 Å². The van der Waals surface area contributed by atoms with Gasteiger partial charge in [-0.25, -0.2) is 0 Å². The van der Waals surface area contributed by atoms with Crippen molar-refractivity contribution in [1.82, 2.24) is 0 Å². The monoisotopic (exact) mass is 345 g/mol. The normalized spacial score (nSPS) is 13.8. The Hall–Kier alpha value is -3.16. The summed E-state index contributed by atoms with van der Waals surface area (Å²) < 4.78 is 18.9. The Labute approximate surface area is 143 Å². The molecule has 8 heteroatoms. The molecule has 0 aliphatic carbocycles. The maximum Gasteiger partial charge on any atom is 0.328 e. The van der Waals surface area contributed by atoms with Gasteiger partial charge in [-0.05, 0) is 30.7 Å². The Morgan fingerprint density at radius 3 is 2.56 bits per heavy atom. The molecule has 7 nitrogen and oxygen atoms in total. The van der Waals surface area contributed by atoms with Crippen molar-refractivity contribution in [2.45, 2.75) is 12.8 Å². The van der Waals surface area contributed by atoms with Crippen molar-refractivity contribution >= 4 is 28.7 Å². The van der Waals surface area contributed by atoms with Gasteiger partial charge in [-0.2, -0.15) is 4.39 Å². The van der Waals surface area contributed by atoms with E-state index in [1.807, 2.05) is 0 Å². The van der Waals surface area contributed by atoms with Crippen LogP contribution >= 0.6 is 0 Å². The van der Waals surface area contributed by atoms with Gasteiger partial charge in [-0.1, -0.05) is 0 Å². The van der Waals surface area contributed by atoms with Gasteiger partial charge in [-0.15, -0.1) is 0 Å². The van der Waals surface area contributed by atoms with Gasteiger partial charge in [0.1, 0.15) is 11.4 Å². The largest absolute Gasteiger partial charge is 0.497 e. The van der Waals surface area contributed by atoms with Crippen molar-refractivity contribution in [2.24, 2.45) is 0 Å². The fraction of sp³-hybridized carbons (Fsp3) is 0.235. The van der Waals surface area contributed by atoms with Crippen LogP contribution < -0.4 is 15.0 Å². The molecule has 1 N–H and O–H groups in total. The van der Waals surface area contributed by atoms with Gasteiger partial charge in [-0.3, -0.25) is 14.9 Å². The number of nitro benzene ring substituents is 1. The molecule has 2 aromatic rings. The Balaban J connectivity index is 1.88. The number of nitro groups is 1. The van der Waals surface area contributed by atoms with Crippen molar-refractivity contribution in [2.75, 3.05) is 23.9 Å². The van der Waals surface area contributed by atoms with Crippen LogP contribution in [0.25, 0.3) is 0 Å². The molecular weight excluding hydrogens is 329 g/mol. The molecule has 3 rings (SSSR count). The van der Waals surface area contributed by atoms with Gasteiger partial charge < -0.3 is 15.0 Å². The minimum Gasteiger partial charge on any atom is -0.497 e. The number of amides is 1. The van der Waals surface area contributed by atoms with E-state index in [1.54, 1.807) is 29.2 Å². The Morgan fingerprint density at radius 2 is 2.00 bits per heavy atom. The molecule has 0 aromatic heterocycles. The maximum absolute atomic E-state index is 14.0. The Kier molecular flexibility index (Phi) is 4.51. The van der Waals surface area contributed by atoms with Crippen molar-refractivity contribution in [1.29, 1.82) is 0 Å². The molecule has 1 amide bonds. The van der Waals surface area contributed by atoms with Crippen LogP contribution in [0.1, 0.15) is 12.8 Å². The van der Waals surface area contributed by atoms with Crippen LogP contribution in [-0.2, 0) is 4.79 Å². The number of rotatable bonds is 5. The van der Waals surface area contributed by atoms with Crippen LogP contribution in [0.3, 0.4) is 0 Å². The number of anilines is 3. The number of carbonyl (C=O) groups excluding carboxylic acids is 1. The van der Waals surface area contributed by atoms with E-state index in [-0.39, 0.29) is 17.3 Å². The van der Waals surface area contributed by atoms with Crippen LogP contribution in [0.15, 0.2) is 36.4 Å². The summed E-state index contributed by atoms with van der Waals surface area (Å²) in [6.07, 6.45) is 1.36. The second-order valence-electron chi connectivity index (χ2n) is 5.58. The molecule has 0 bridgehead atoms. The van der Waals surface area contributed by atoms with E-state index in [1.165, 1.54) is 13.2 Å². The minimum absolute atomic E-state index is 0.00755. The van der Waals surface area contributed by atoms with Gasteiger partial charge in [0.2, 0.25) is 11.7 Å². The summed E-state index contributed by atoms with van der Waals surface area (Å²) in [5.74, 6) is -0.734. The number of nitrogens with one attached hydrogen (secondary N) is 1. The minimum atomic E-state index is -0.980. The quantitative estimate of drug-likeness (QED) is 0.661. The Morgan fingerprint density at radius 1 is 1.28 bits per heavy atom. The Bertz CT molecular complexity index is 823. The molecule has 1 aliphatic heterocycles. The van der Waals surface area contributed by atoms with Gasteiger partial charge in [0.05, 0.1) is 12.0 Å². The van der Waals surface area contributed by atoms with Crippen molar-refractivity contribution < 1.29 is 18.8 Å². The predicted octanol–water partition coefficient (Wildman–Crippen LogP) is 3.61. The summed E-state index contributed by atoms with van der Waals surface area (Å²) in [6.45, 7) is 0.679. The van der Waals surface area contributed by atoms with Gasteiger partial charge in [0.25, 0.3) is 0 Å². The van der Waals surface area contributed by atoms with E-state index >= 15 is 0 Å². The summed E-state index contributed by atoms with van der Waals surface area (Å²) in [5, 5.41) is 14.0. The lowest BCUT2D eigenvalue weighted by Crippen LogP contribution is -2.23. The van der Waals surface area contributed by atoms with E-state index in [9.17, 15) is 19.3 Å². The first-order valence-electron chi connectivity index (χ1n) is 7.69. The molecule has 25 heavy (non-hydrogen) atoms. The molecule has 0 spiro atoms. The number of hydrogen-bond donors (Lipinski definition) is 1. The maximum atomic E-state index is 14.0. The van der Waals surface area contributed by atoms with E-state index in [0.29, 0.717) is 18.7 Å². The van der Waals surface area contributed by atoms with E-state index in [0.717, 1.165) is 18.2 Å². The SMILES string of the molecule is COc1cc(F)c([N+](=O)[O-])c(Nc2ccc(N3CCCC3=O)cc2)c1. The van der Waals surface area contributed by atoms with Crippen molar-refractivity contribution in [3.8, 4) is 5.75 Å². The summed E-state index contributed by atoms with van der Waals surface area (Å²) in [6, 6.07) is 9.18. The number of methoxy groups -OCH3 is 1. The van der Waals surface area contributed by atoms with Gasteiger partial charge in [0.15, 0.2) is 0 Å². The number of nitrogens with zero attached hydrogens (tertiary/aromatic N) is 2. The number of halogens is 1. The number of benzene rings is 2. The molecule has 1 heterocycles. The highest BCUT2D eigenvalue weighted by Crippen LogP contribution is 2.35. The molecule has 0 saturated carbocycles. The number of ether oxygens (including phenoxy) is 1. The fourth-order valence-electron chi connectivity index (χ4n) is 2.77. The zero-order valence-corrected chi connectivity index (χ0v) is 13.5. The third kappa shape index (κ3) is 3.37. The highest BCUT2D eigenvalue weighted by atomic mass is 19.1. The third-order valence-corrected chi connectivity index (χ3v) is 3.99. The van der Waals surface area contributed by atoms with Crippen LogP contribution in [0.2, 0.25) is 0 Å². The molecule has 1 aliphatic rings. The first-order valence-corrected chi connectivity index (χ1v) is 7.69. The highest BCUT2D eigenvalue weighted by Gasteiger charge is 2.23. The van der Waals surface area contributed by atoms with Gasteiger partial charge >= 0.3 is 5.69 Å². The molecule has 130 valence electrons. The first kappa shape index (κ1) is 16.7. The number of carbonyl (C=O) groups is 1. The van der Waals surface area contributed by atoms with Crippen molar-refractivity contribution in [3.63, 3.8) is 0 Å². The molecule has 0 radical (unpaired) electrons. The van der Waals surface area contributed by atoms with E-state index in [4.69, 9.17) is 4.74 Å². The van der Waals surface area contributed by atoms with E-state index in [2.05, 4.69) is 5.32 Å². The van der Waals surface area contributed by atoms with Crippen molar-refractivity contribution in [3.05, 3.63) is 52.3 Å². The summed E-state index contributed by atoms with van der Waals surface area (Å²) in [4.78, 5) is 23.8. The third-order valence-electron chi connectivity index (χ3n) is 3.99. The molecular formula is C17H16FN3O4. The zero-order chi connectivity index (χ0) is 18.0. The summed E-state index contributed by atoms with van der Waals surface area (Å²) in [7, 11) is 1.35. The second kappa shape index (κ2) is 6.76. The molecule has 0 unspecified atom stereocenters. The highest BCUT2D eigenvalue weighted by molar-refractivity contribution is 5.95. The lowest BCUT2D eigenvalue weighted by Gasteiger charge is -2.16. The molecule has 1 saturated heterocycles. The topological polar surface area (TPSA) is 84.7 Å². The summed E-state index contributed by atoms with van der Waals surface area (Å²) in [5.41, 5.74) is 0.636. The fourth-order valence-corrected chi connectivity index (χ4v) is 2.77. The summed E-state index contributed by atoms with van der Waals surface area (Å²) >= 11 is 0.